The third-order valence-corrected chi connectivity index (χ3v) is 6.43. The maximum atomic E-state index is 12.9. The number of rotatable bonds is 4. The summed E-state index contributed by atoms with van der Waals surface area (Å²) in [5, 5.41) is 9.19. The van der Waals surface area contributed by atoms with E-state index in [2.05, 4.69) is 39.6 Å². The number of anilines is 2. The van der Waals surface area contributed by atoms with E-state index in [1.807, 2.05) is 49.6 Å². The largest absolute Gasteiger partial charge is 0.493 e. The third kappa shape index (κ3) is 4.79. The summed E-state index contributed by atoms with van der Waals surface area (Å²) in [5.74, 6) is 0.768. The summed E-state index contributed by atoms with van der Waals surface area (Å²) in [5.41, 5.74) is 4.54. The molecule has 3 aromatic rings. The third-order valence-electron chi connectivity index (χ3n) is 5.53. The number of benzene rings is 2. The van der Waals surface area contributed by atoms with Crippen LogP contribution in [0.3, 0.4) is 0 Å². The number of amides is 1. The second-order valence-corrected chi connectivity index (χ2v) is 8.59. The first-order valence-electron chi connectivity index (χ1n) is 11.3. The van der Waals surface area contributed by atoms with E-state index < -0.39 is 0 Å². The number of hydrogen-bond acceptors (Lipinski definition) is 6. The number of nitrogens with zero attached hydrogens (tertiary/aromatic N) is 2. The lowest BCUT2D eigenvalue weighted by Crippen LogP contribution is -2.49. The molecule has 168 valence electrons. The molecule has 0 unspecified atom stereocenters. The molecular weight excluding hydrogens is 420 g/mol. The maximum Gasteiger partial charge on any atom is 0.275 e. The molecule has 2 aliphatic heterocycles. The van der Waals surface area contributed by atoms with Gasteiger partial charge >= 0.3 is 0 Å². The van der Waals surface area contributed by atoms with Gasteiger partial charge in [0.1, 0.15) is 16.5 Å². The minimum atomic E-state index is -0.183. The molecule has 0 bridgehead atoms. The Bertz CT molecular complexity index is 1080. The van der Waals surface area contributed by atoms with E-state index in [4.69, 9.17) is 4.74 Å². The van der Waals surface area contributed by atoms with Crippen LogP contribution in [0.15, 0.2) is 47.8 Å². The van der Waals surface area contributed by atoms with Gasteiger partial charge in [-0.1, -0.05) is 26.0 Å². The van der Waals surface area contributed by atoms with Crippen molar-refractivity contribution in [3.8, 4) is 16.3 Å². The lowest BCUT2D eigenvalue weighted by Gasteiger charge is -2.34. The van der Waals surface area contributed by atoms with Crippen LogP contribution in [0.25, 0.3) is 10.6 Å². The zero-order valence-corrected chi connectivity index (χ0v) is 19.7. The molecule has 2 aromatic carbocycles. The summed E-state index contributed by atoms with van der Waals surface area (Å²) >= 11 is 1.49. The van der Waals surface area contributed by atoms with Gasteiger partial charge in [0.2, 0.25) is 0 Å². The second kappa shape index (κ2) is 10.1. The van der Waals surface area contributed by atoms with Gasteiger partial charge in [-0.05, 0) is 42.8 Å². The normalized spacial score (nSPS) is 17.1. The maximum absolute atomic E-state index is 12.9. The molecule has 1 saturated heterocycles. The van der Waals surface area contributed by atoms with Crippen molar-refractivity contribution >= 4 is 28.6 Å². The molecule has 0 aliphatic carbocycles. The molecule has 2 N–H and O–H groups in total. The molecule has 0 saturated carbocycles. The van der Waals surface area contributed by atoms with Gasteiger partial charge in [0.15, 0.2) is 0 Å². The molecule has 2 aliphatic rings. The van der Waals surface area contributed by atoms with Crippen molar-refractivity contribution in [2.24, 2.45) is 0 Å². The zero-order chi connectivity index (χ0) is 22.5. The van der Waals surface area contributed by atoms with Crippen molar-refractivity contribution in [2.75, 3.05) is 36.5 Å². The van der Waals surface area contributed by atoms with Crippen LogP contribution in [0.2, 0.25) is 0 Å². The first kappa shape index (κ1) is 22.3. The standard InChI is InChI=1S/C23H24N4O2S.C2H6/c1-15-13-27(10-9-24-15)20-5-3-2-4-18(20)25-22(28)19-14-30-23(26-19)17-6-7-21-16(12-17)8-11-29-21;1-2/h2-7,12,14-15,24H,8-11,13H2,1H3,(H,25,28);1-2H3/t15-;/m1./s1. The zero-order valence-electron chi connectivity index (χ0n) is 18.9. The van der Waals surface area contributed by atoms with Gasteiger partial charge in [0.25, 0.3) is 5.91 Å². The van der Waals surface area contributed by atoms with Gasteiger partial charge in [0.05, 0.1) is 18.0 Å². The van der Waals surface area contributed by atoms with Crippen LogP contribution in [0.4, 0.5) is 11.4 Å². The van der Waals surface area contributed by atoms with Gasteiger partial charge in [-0.2, -0.15) is 0 Å². The van der Waals surface area contributed by atoms with Gasteiger partial charge in [-0.15, -0.1) is 11.3 Å². The SMILES string of the molecule is CC.C[C@@H]1CN(c2ccccc2NC(=O)c2csc(-c3ccc4c(c3)CCO4)n2)CCN1. The van der Waals surface area contributed by atoms with Crippen molar-refractivity contribution in [1.82, 2.24) is 10.3 Å². The lowest BCUT2D eigenvalue weighted by molar-refractivity contribution is 0.102. The molecule has 5 rings (SSSR count). The molecule has 7 heteroatoms. The van der Waals surface area contributed by atoms with Crippen molar-refractivity contribution in [3.05, 3.63) is 59.1 Å². The smallest absolute Gasteiger partial charge is 0.275 e. The number of carbonyl (C=O) groups is 1. The number of para-hydroxylation sites is 2. The number of hydrogen-bond donors (Lipinski definition) is 2. The Morgan fingerprint density at radius 2 is 2.09 bits per heavy atom. The second-order valence-electron chi connectivity index (χ2n) is 7.73. The number of piperazine rings is 1. The van der Waals surface area contributed by atoms with Gasteiger partial charge in [-0.3, -0.25) is 4.79 Å². The monoisotopic (exact) mass is 450 g/mol. The average Bonchev–Trinajstić information content (AvgIpc) is 3.50. The van der Waals surface area contributed by atoms with Crippen LogP contribution < -0.4 is 20.3 Å². The Morgan fingerprint density at radius 3 is 2.94 bits per heavy atom. The van der Waals surface area contributed by atoms with Gasteiger partial charge in [-0.25, -0.2) is 4.98 Å². The Labute approximate surface area is 193 Å². The Hall–Kier alpha value is -2.90. The highest BCUT2D eigenvalue weighted by molar-refractivity contribution is 7.13. The molecule has 32 heavy (non-hydrogen) atoms. The van der Waals surface area contributed by atoms with Crippen molar-refractivity contribution in [1.29, 1.82) is 0 Å². The summed E-state index contributed by atoms with van der Waals surface area (Å²) in [4.78, 5) is 19.8. The average molecular weight is 451 g/mol. The number of aromatic nitrogens is 1. The summed E-state index contributed by atoms with van der Waals surface area (Å²) in [6.07, 6.45) is 0.920. The highest BCUT2D eigenvalue weighted by Gasteiger charge is 2.20. The summed E-state index contributed by atoms with van der Waals surface area (Å²) < 4.78 is 5.58. The molecule has 1 fully saturated rings. The minimum Gasteiger partial charge on any atom is -0.493 e. The van der Waals surface area contributed by atoms with Crippen LogP contribution in [-0.2, 0) is 6.42 Å². The molecular formula is C25H30N4O2S. The predicted molar refractivity (Wildman–Crippen MR) is 132 cm³/mol. The van der Waals surface area contributed by atoms with Gasteiger partial charge < -0.3 is 20.3 Å². The fourth-order valence-electron chi connectivity index (χ4n) is 4.02. The molecule has 6 nitrogen and oxygen atoms in total. The molecule has 1 aromatic heterocycles. The quantitative estimate of drug-likeness (QED) is 0.596. The lowest BCUT2D eigenvalue weighted by atomic mass is 10.1. The van der Waals surface area contributed by atoms with Crippen molar-refractivity contribution in [3.63, 3.8) is 0 Å². The molecule has 1 amide bonds. The van der Waals surface area contributed by atoms with E-state index in [1.54, 1.807) is 0 Å². The first-order valence-corrected chi connectivity index (χ1v) is 12.2. The summed E-state index contributed by atoms with van der Waals surface area (Å²) in [6, 6.07) is 14.5. The van der Waals surface area contributed by atoms with Crippen molar-refractivity contribution in [2.45, 2.75) is 33.2 Å². The molecule has 3 heterocycles. The molecule has 0 spiro atoms. The Morgan fingerprint density at radius 1 is 1.25 bits per heavy atom. The van der Waals surface area contributed by atoms with E-state index in [0.29, 0.717) is 11.7 Å². The summed E-state index contributed by atoms with van der Waals surface area (Å²) in [7, 11) is 0. The predicted octanol–water partition coefficient (Wildman–Crippen LogP) is 4.82. The number of thiazole rings is 1. The highest BCUT2D eigenvalue weighted by atomic mass is 32.1. The highest BCUT2D eigenvalue weighted by Crippen LogP contribution is 2.32. The van der Waals surface area contributed by atoms with Gasteiger partial charge in [0, 0.05) is 43.0 Å². The van der Waals surface area contributed by atoms with E-state index in [1.165, 1.54) is 16.9 Å². The fraction of sp³-hybridized carbons (Fsp3) is 0.360. The molecule has 1 atom stereocenters. The molecule has 0 radical (unpaired) electrons. The van der Waals surface area contributed by atoms with Crippen LogP contribution in [0.5, 0.6) is 5.75 Å². The number of fused-ring (bicyclic) bond motifs is 1. The Balaban J connectivity index is 0.00000119. The van der Waals surface area contributed by atoms with E-state index >= 15 is 0 Å². The van der Waals surface area contributed by atoms with Crippen LogP contribution >= 0.6 is 11.3 Å². The first-order chi connectivity index (χ1) is 15.7. The van der Waals surface area contributed by atoms with E-state index in [0.717, 1.165) is 60.4 Å². The number of carbonyl (C=O) groups excluding carboxylic acids is 1. The topological polar surface area (TPSA) is 66.5 Å². The Kier molecular flexibility index (Phi) is 7.07. The van der Waals surface area contributed by atoms with E-state index in [9.17, 15) is 4.79 Å². The minimum absolute atomic E-state index is 0.183. The van der Waals surface area contributed by atoms with Crippen LogP contribution in [0.1, 0.15) is 36.8 Å². The summed E-state index contributed by atoms with van der Waals surface area (Å²) in [6.45, 7) is 9.67. The van der Waals surface area contributed by atoms with E-state index in [-0.39, 0.29) is 5.91 Å². The fourth-order valence-corrected chi connectivity index (χ4v) is 4.82. The van der Waals surface area contributed by atoms with Crippen molar-refractivity contribution < 1.29 is 9.53 Å². The number of nitrogens with one attached hydrogen (secondary N) is 2. The number of ether oxygens (including phenoxy) is 1. The van der Waals surface area contributed by atoms with Crippen LogP contribution in [-0.4, -0.2) is 43.2 Å². The van der Waals surface area contributed by atoms with Crippen LogP contribution in [0, 0.1) is 0 Å².